The number of fused-ring (bicyclic) bond motifs is 3. The standard InChI is InChI=1S/C19H19N5O.CH2O2/c1-22-8-5-13-9-14(3-4-15(13)22)18(25)24-11-19(12-24)10-23(2)17-16(19)20-6-7-21-17;2-1-3/h3-9H,10-12H2,1-2H3;1H,(H,2,3). The number of hydrogen-bond acceptors (Lipinski definition) is 5. The zero-order valence-corrected chi connectivity index (χ0v) is 15.7. The van der Waals surface area contributed by atoms with Crippen LogP contribution in [0.4, 0.5) is 5.82 Å². The predicted octanol–water partition coefficient (Wildman–Crippen LogP) is 1.51. The van der Waals surface area contributed by atoms with Crippen molar-refractivity contribution in [2.45, 2.75) is 5.41 Å². The number of carboxylic acid groups (broad SMARTS) is 1. The molecule has 0 aliphatic carbocycles. The second kappa shape index (κ2) is 6.63. The second-order valence-corrected chi connectivity index (χ2v) is 7.33. The van der Waals surface area contributed by atoms with Crippen LogP contribution in [-0.4, -0.2) is 63.6 Å². The fraction of sp³-hybridized carbons (Fsp3) is 0.300. The highest BCUT2D eigenvalue weighted by atomic mass is 16.3. The summed E-state index contributed by atoms with van der Waals surface area (Å²) in [6.45, 7) is 2.03. The minimum absolute atomic E-state index is 0.0646. The number of carbonyl (C=O) groups excluding carboxylic acids is 1. The average molecular weight is 379 g/mol. The number of likely N-dealkylation sites (N-methyl/N-ethyl adjacent to an activating group) is 1. The summed E-state index contributed by atoms with van der Waals surface area (Å²) >= 11 is 0. The van der Waals surface area contributed by atoms with Crippen molar-refractivity contribution in [1.29, 1.82) is 0 Å². The molecule has 1 N–H and O–H groups in total. The maximum atomic E-state index is 12.9. The van der Waals surface area contributed by atoms with E-state index in [4.69, 9.17) is 9.90 Å². The summed E-state index contributed by atoms with van der Waals surface area (Å²) in [5.74, 6) is 1.04. The lowest BCUT2D eigenvalue weighted by Crippen LogP contribution is -2.63. The molecule has 144 valence electrons. The van der Waals surface area contributed by atoms with Crippen molar-refractivity contribution in [1.82, 2.24) is 19.4 Å². The van der Waals surface area contributed by atoms with Gasteiger partial charge in [0.2, 0.25) is 0 Å². The van der Waals surface area contributed by atoms with Gasteiger partial charge in [0.1, 0.15) is 0 Å². The van der Waals surface area contributed by atoms with E-state index < -0.39 is 0 Å². The fourth-order valence-electron chi connectivity index (χ4n) is 4.26. The Labute approximate surface area is 162 Å². The number of hydrogen-bond donors (Lipinski definition) is 1. The van der Waals surface area contributed by atoms with Crippen LogP contribution in [0.2, 0.25) is 0 Å². The molecule has 2 aliphatic rings. The lowest BCUT2D eigenvalue weighted by Gasteiger charge is -2.47. The van der Waals surface area contributed by atoms with E-state index in [0.29, 0.717) is 13.1 Å². The monoisotopic (exact) mass is 379 g/mol. The zero-order valence-electron chi connectivity index (χ0n) is 15.7. The molecule has 1 aromatic carbocycles. The van der Waals surface area contributed by atoms with Crippen LogP contribution in [0.15, 0.2) is 42.9 Å². The molecule has 8 heteroatoms. The van der Waals surface area contributed by atoms with Gasteiger partial charge in [-0.05, 0) is 24.3 Å². The number of nitrogens with zero attached hydrogens (tertiary/aromatic N) is 5. The van der Waals surface area contributed by atoms with E-state index in [0.717, 1.165) is 34.5 Å². The molecule has 0 atom stereocenters. The van der Waals surface area contributed by atoms with Crippen LogP contribution in [-0.2, 0) is 17.3 Å². The van der Waals surface area contributed by atoms with E-state index in [9.17, 15) is 4.79 Å². The van der Waals surface area contributed by atoms with E-state index in [2.05, 4.69) is 19.4 Å². The lowest BCUT2D eigenvalue weighted by atomic mass is 9.78. The summed E-state index contributed by atoms with van der Waals surface area (Å²) in [5, 5.41) is 7.99. The zero-order chi connectivity index (χ0) is 19.9. The largest absolute Gasteiger partial charge is 0.483 e. The van der Waals surface area contributed by atoms with E-state index >= 15 is 0 Å². The number of carbonyl (C=O) groups is 2. The van der Waals surface area contributed by atoms with Crippen molar-refractivity contribution in [3.05, 3.63) is 54.1 Å². The third kappa shape index (κ3) is 2.69. The third-order valence-electron chi connectivity index (χ3n) is 5.49. The number of anilines is 1. The van der Waals surface area contributed by atoms with Crippen LogP contribution >= 0.6 is 0 Å². The van der Waals surface area contributed by atoms with E-state index in [1.807, 2.05) is 49.5 Å². The molecular weight excluding hydrogens is 358 g/mol. The first-order valence-electron chi connectivity index (χ1n) is 8.94. The normalized spacial score (nSPS) is 16.4. The molecule has 1 amide bonds. The topological polar surface area (TPSA) is 91.6 Å². The van der Waals surface area contributed by atoms with Crippen LogP contribution < -0.4 is 4.90 Å². The molecule has 1 saturated heterocycles. The van der Waals surface area contributed by atoms with Crippen LogP contribution in [0.1, 0.15) is 16.1 Å². The molecule has 5 rings (SSSR count). The van der Waals surface area contributed by atoms with Gasteiger partial charge in [0.05, 0.1) is 11.1 Å². The van der Waals surface area contributed by atoms with Crippen LogP contribution in [0.5, 0.6) is 0 Å². The van der Waals surface area contributed by atoms with Gasteiger partial charge < -0.3 is 19.5 Å². The van der Waals surface area contributed by atoms with Gasteiger partial charge in [-0.1, -0.05) is 0 Å². The SMILES string of the molecule is CN1CC2(CN(C(=O)c3ccc4c(ccn4C)c3)C2)c2nccnc21.O=CO. The molecule has 2 aromatic heterocycles. The molecule has 1 spiro atoms. The summed E-state index contributed by atoms with van der Waals surface area (Å²) in [7, 11) is 4.05. The smallest absolute Gasteiger partial charge is 0.290 e. The van der Waals surface area contributed by atoms with Crippen molar-refractivity contribution in [3.8, 4) is 0 Å². The minimum Gasteiger partial charge on any atom is -0.483 e. The van der Waals surface area contributed by atoms with Crippen LogP contribution in [0.3, 0.4) is 0 Å². The van der Waals surface area contributed by atoms with Gasteiger partial charge in [-0.2, -0.15) is 0 Å². The van der Waals surface area contributed by atoms with Gasteiger partial charge in [-0.15, -0.1) is 0 Å². The summed E-state index contributed by atoms with van der Waals surface area (Å²) in [5.41, 5.74) is 2.85. The summed E-state index contributed by atoms with van der Waals surface area (Å²) in [6.07, 6.45) is 5.49. The molecular formula is C20H21N5O3. The number of aromatic nitrogens is 3. The highest BCUT2D eigenvalue weighted by molar-refractivity contribution is 5.99. The second-order valence-electron chi connectivity index (χ2n) is 7.33. The molecule has 2 aliphatic heterocycles. The number of rotatable bonds is 1. The first-order valence-corrected chi connectivity index (χ1v) is 8.94. The molecule has 1 fully saturated rings. The first kappa shape index (κ1) is 18.0. The Bertz CT molecular complexity index is 1050. The van der Waals surface area contributed by atoms with Crippen molar-refractivity contribution >= 4 is 29.1 Å². The number of benzene rings is 1. The van der Waals surface area contributed by atoms with Gasteiger partial charge >= 0.3 is 0 Å². The van der Waals surface area contributed by atoms with Crippen molar-refractivity contribution in [2.75, 3.05) is 31.6 Å². The third-order valence-corrected chi connectivity index (χ3v) is 5.49. The molecule has 8 nitrogen and oxygen atoms in total. The Morgan fingerprint density at radius 2 is 1.86 bits per heavy atom. The van der Waals surface area contributed by atoms with Crippen molar-refractivity contribution < 1.29 is 14.7 Å². The molecule has 3 aromatic rings. The quantitative estimate of drug-likeness (QED) is 0.645. The summed E-state index contributed by atoms with van der Waals surface area (Å²) in [6, 6.07) is 7.96. The Morgan fingerprint density at radius 3 is 2.61 bits per heavy atom. The van der Waals surface area contributed by atoms with Crippen molar-refractivity contribution in [3.63, 3.8) is 0 Å². The molecule has 0 radical (unpaired) electrons. The Balaban J connectivity index is 0.000000604. The molecule has 0 saturated carbocycles. The average Bonchev–Trinajstić information content (AvgIpc) is 3.19. The van der Waals surface area contributed by atoms with Gasteiger partial charge in [0.15, 0.2) is 5.82 Å². The van der Waals surface area contributed by atoms with Crippen LogP contribution in [0.25, 0.3) is 10.9 Å². The number of amides is 1. The Kier molecular flexibility index (Phi) is 4.26. The highest BCUT2D eigenvalue weighted by Gasteiger charge is 2.53. The van der Waals surface area contributed by atoms with Crippen LogP contribution in [0, 0.1) is 0 Å². The lowest BCUT2D eigenvalue weighted by molar-refractivity contribution is -0.122. The first-order chi connectivity index (χ1) is 13.5. The summed E-state index contributed by atoms with van der Waals surface area (Å²) < 4.78 is 2.06. The Hall–Kier alpha value is -3.42. The van der Waals surface area contributed by atoms with Gasteiger partial charge in [0.25, 0.3) is 12.4 Å². The Morgan fingerprint density at radius 1 is 1.14 bits per heavy atom. The molecule has 0 bridgehead atoms. The molecule has 28 heavy (non-hydrogen) atoms. The van der Waals surface area contributed by atoms with Crippen molar-refractivity contribution in [2.24, 2.45) is 7.05 Å². The molecule has 4 heterocycles. The van der Waals surface area contributed by atoms with E-state index in [-0.39, 0.29) is 17.8 Å². The minimum atomic E-state index is -0.250. The van der Waals surface area contributed by atoms with Gasteiger partial charge in [0, 0.05) is 68.8 Å². The number of aryl methyl sites for hydroxylation is 1. The maximum absolute atomic E-state index is 12.9. The van der Waals surface area contributed by atoms with E-state index in [1.54, 1.807) is 12.4 Å². The predicted molar refractivity (Wildman–Crippen MR) is 104 cm³/mol. The molecule has 0 unspecified atom stereocenters. The van der Waals surface area contributed by atoms with Gasteiger partial charge in [-0.25, -0.2) is 4.98 Å². The summed E-state index contributed by atoms with van der Waals surface area (Å²) in [4.78, 5) is 34.3. The highest BCUT2D eigenvalue weighted by Crippen LogP contribution is 2.43. The maximum Gasteiger partial charge on any atom is 0.290 e. The van der Waals surface area contributed by atoms with E-state index in [1.165, 1.54) is 0 Å². The number of likely N-dealkylation sites (tertiary alicyclic amines) is 1. The fourth-order valence-corrected chi connectivity index (χ4v) is 4.26. The van der Waals surface area contributed by atoms with Gasteiger partial charge in [-0.3, -0.25) is 14.6 Å².